The molecule has 1 fully saturated rings. The van der Waals surface area contributed by atoms with E-state index in [4.69, 9.17) is 11.6 Å². The van der Waals surface area contributed by atoms with Gasteiger partial charge in [-0.3, -0.25) is 0 Å². The second-order valence-corrected chi connectivity index (χ2v) is 5.56. The van der Waals surface area contributed by atoms with Gasteiger partial charge in [-0.15, -0.1) is 0 Å². The van der Waals surface area contributed by atoms with Gasteiger partial charge < -0.3 is 4.40 Å². The molecular weight excluding hydrogens is 256 g/mol. The number of halogens is 1. The Bertz CT molecular complexity index is 739. The molecule has 1 saturated carbocycles. The first-order valence-electron chi connectivity index (χ1n) is 6.54. The van der Waals surface area contributed by atoms with Crippen LogP contribution in [0.15, 0.2) is 48.9 Å². The summed E-state index contributed by atoms with van der Waals surface area (Å²) in [5.74, 6) is 0.692. The number of hydrogen-bond donors (Lipinski definition) is 0. The fourth-order valence-corrected chi connectivity index (χ4v) is 2.68. The van der Waals surface area contributed by atoms with Gasteiger partial charge in [-0.2, -0.15) is 0 Å². The quantitative estimate of drug-likeness (QED) is 0.667. The van der Waals surface area contributed by atoms with Crippen LogP contribution < -0.4 is 0 Å². The molecule has 94 valence electrons. The van der Waals surface area contributed by atoms with Gasteiger partial charge in [0.15, 0.2) is 0 Å². The molecule has 0 atom stereocenters. The van der Waals surface area contributed by atoms with Crippen LogP contribution in [0.5, 0.6) is 0 Å². The van der Waals surface area contributed by atoms with Crippen molar-refractivity contribution in [1.82, 2.24) is 9.38 Å². The first-order valence-corrected chi connectivity index (χ1v) is 6.91. The zero-order valence-corrected chi connectivity index (χ0v) is 11.1. The second-order valence-electron chi connectivity index (χ2n) is 5.12. The standard InChI is InChI=1S/C16H13ClN2/c17-14-5-3-11(4-6-14)13-9-15(12-1-2-12)16-18-7-8-19(16)10-13/h3-10,12H,1-2H2. The number of aromatic nitrogens is 2. The first-order chi connectivity index (χ1) is 9.31. The average Bonchev–Trinajstić information content (AvgIpc) is 3.16. The van der Waals surface area contributed by atoms with Crippen molar-refractivity contribution in [3.05, 3.63) is 59.5 Å². The van der Waals surface area contributed by atoms with Gasteiger partial charge in [-0.25, -0.2) is 4.98 Å². The van der Waals surface area contributed by atoms with E-state index in [2.05, 4.69) is 33.8 Å². The van der Waals surface area contributed by atoms with E-state index in [0.29, 0.717) is 5.92 Å². The molecule has 2 nitrogen and oxygen atoms in total. The van der Waals surface area contributed by atoms with E-state index in [-0.39, 0.29) is 0 Å². The Hall–Kier alpha value is -1.80. The minimum Gasteiger partial charge on any atom is -0.306 e. The first kappa shape index (κ1) is 11.1. The average molecular weight is 269 g/mol. The molecule has 0 N–H and O–H groups in total. The lowest BCUT2D eigenvalue weighted by molar-refractivity contribution is 1.08. The van der Waals surface area contributed by atoms with Crippen LogP contribution in [0.4, 0.5) is 0 Å². The Labute approximate surface area is 116 Å². The Morgan fingerprint density at radius 3 is 2.63 bits per heavy atom. The molecule has 0 aliphatic heterocycles. The Kier molecular flexibility index (Phi) is 2.39. The number of fused-ring (bicyclic) bond motifs is 1. The maximum atomic E-state index is 5.95. The number of benzene rings is 1. The molecule has 1 aliphatic carbocycles. The molecule has 2 heterocycles. The fourth-order valence-electron chi connectivity index (χ4n) is 2.55. The van der Waals surface area contributed by atoms with Gasteiger partial charge in [0, 0.05) is 23.6 Å². The zero-order valence-electron chi connectivity index (χ0n) is 10.4. The highest BCUT2D eigenvalue weighted by atomic mass is 35.5. The number of imidazole rings is 1. The Balaban J connectivity index is 1.92. The van der Waals surface area contributed by atoms with E-state index in [1.165, 1.54) is 29.5 Å². The van der Waals surface area contributed by atoms with Crippen molar-refractivity contribution in [2.24, 2.45) is 0 Å². The molecule has 2 aromatic heterocycles. The Morgan fingerprint density at radius 1 is 1.11 bits per heavy atom. The van der Waals surface area contributed by atoms with Crippen LogP contribution in [0.25, 0.3) is 16.8 Å². The van der Waals surface area contributed by atoms with E-state index in [1.807, 2.05) is 24.5 Å². The highest BCUT2D eigenvalue weighted by molar-refractivity contribution is 6.30. The zero-order chi connectivity index (χ0) is 12.8. The predicted octanol–water partition coefficient (Wildman–Crippen LogP) is 4.53. The molecular formula is C16H13ClN2. The van der Waals surface area contributed by atoms with Gasteiger partial charge in [-0.05, 0) is 53.6 Å². The molecule has 0 saturated heterocycles. The van der Waals surface area contributed by atoms with Crippen molar-refractivity contribution in [3.63, 3.8) is 0 Å². The molecule has 1 aliphatic rings. The third kappa shape index (κ3) is 1.92. The van der Waals surface area contributed by atoms with Crippen molar-refractivity contribution >= 4 is 17.2 Å². The largest absolute Gasteiger partial charge is 0.306 e. The lowest BCUT2D eigenvalue weighted by Crippen LogP contribution is -1.92. The second kappa shape index (κ2) is 4.10. The van der Waals surface area contributed by atoms with Crippen molar-refractivity contribution in [2.45, 2.75) is 18.8 Å². The van der Waals surface area contributed by atoms with E-state index in [9.17, 15) is 0 Å². The van der Waals surface area contributed by atoms with E-state index in [1.54, 1.807) is 0 Å². The van der Waals surface area contributed by atoms with Gasteiger partial charge in [-0.1, -0.05) is 23.7 Å². The molecule has 0 amide bonds. The number of rotatable bonds is 2. The minimum atomic E-state index is 0.692. The van der Waals surface area contributed by atoms with Crippen molar-refractivity contribution in [3.8, 4) is 11.1 Å². The minimum absolute atomic E-state index is 0.692. The van der Waals surface area contributed by atoms with Gasteiger partial charge in [0.05, 0.1) is 0 Å². The summed E-state index contributed by atoms with van der Waals surface area (Å²) in [6.45, 7) is 0. The molecule has 0 radical (unpaired) electrons. The molecule has 3 aromatic rings. The summed E-state index contributed by atoms with van der Waals surface area (Å²) >= 11 is 5.95. The van der Waals surface area contributed by atoms with Gasteiger partial charge in [0.1, 0.15) is 5.65 Å². The lowest BCUT2D eigenvalue weighted by atomic mass is 10.0. The molecule has 0 bridgehead atoms. The molecule has 4 rings (SSSR count). The lowest BCUT2D eigenvalue weighted by Gasteiger charge is -2.08. The van der Waals surface area contributed by atoms with Crippen LogP contribution in [-0.4, -0.2) is 9.38 Å². The predicted molar refractivity (Wildman–Crippen MR) is 77.6 cm³/mol. The fraction of sp³-hybridized carbons (Fsp3) is 0.188. The summed E-state index contributed by atoms with van der Waals surface area (Å²) in [6.07, 6.45) is 8.59. The van der Waals surface area contributed by atoms with Crippen molar-refractivity contribution in [1.29, 1.82) is 0 Å². The molecule has 19 heavy (non-hydrogen) atoms. The highest BCUT2D eigenvalue weighted by Gasteiger charge is 2.26. The van der Waals surface area contributed by atoms with E-state index < -0.39 is 0 Å². The Morgan fingerprint density at radius 2 is 1.89 bits per heavy atom. The van der Waals surface area contributed by atoms with Crippen molar-refractivity contribution < 1.29 is 0 Å². The van der Waals surface area contributed by atoms with Crippen LogP contribution in [0.3, 0.4) is 0 Å². The molecule has 0 spiro atoms. The molecule has 0 unspecified atom stereocenters. The summed E-state index contributed by atoms with van der Waals surface area (Å²) in [4.78, 5) is 4.47. The topological polar surface area (TPSA) is 17.3 Å². The third-order valence-electron chi connectivity index (χ3n) is 3.71. The normalized spacial score (nSPS) is 15.0. The summed E-state index contributed by atoms with van der Waals surface area (Å²) in [7, 11) is 0. The van der Waals surface area contributed by atoms with Crippen LogP contribution in [0.1, 0.15) is 24.3 Å². The number of pyridine rings is 1. The summed E-state index contributed by atoms with van der Waals surface area (Å²) in [6, 6.07) is 10.3. The van der Waals surface area contributed by atoms with Crippen LogP contribution in [0.2, 0.25) is 5.02 Å². The van der Waals surface area contributed by atoms with E-state index >= 15 is 0 Å². The van der Waals surface area contributed by atoms with Crippen LogP contribution in [-0.2, 0) is 0 Å². The van der Waals surface area contributed by atoms with Gasteiger partial charge in [0.2, 0.25) is 0 Å². The molecule has 3 heteroatoms. The van der Waals surface area contributed by atoms with Crippen LogP contribution in [0, 0.1) is 0 Å². The van der Waals surface area contributed by atoms with Crippen molar-refractivity contribution in [2.75, 3.05) is 0 Å². The SMILES string of the molecule is Clc1ccc(-c2cc(C3CC3)c3nccn3c2)cc1. The smallest absolute Gasteiger partial charge is 0.140 e. The molecule has 1 aromatic carbocycles. The number of nitrogens with zero attached hydrogens (tertiary/aromatic N) is 2. The summed E-state index contributed by atoms with van der Waals surface area (Å²) < 4.78 is 2.12. The van der Waals surface area contributed by atoms with Gasteiger partial charge in [0.25, 0.3) is 0 Å². The van der Waals surface area contributed by atoms with E-state index in [0.717, 1.165) is 10.7 Å². The van der Waals surface area contributed by atoms with Crippen LogP contribution >= 0.6 is 11.6 Å². The summed E-state index contributed by atoms with van der Waals surface area (Å²) in [5.41, 5.74) is 4.89. The highest BCUT2D eigenvalue weighted by Crippen LogP contribution is 2.42. The van der Waals surface area contributed by atoms with Gasteiger partial charge >= 0.3 is 0 Å². The summed E-state index contributed by atoms with van der Waals surface area (Å²) in [5, 5.41) is 0.773. The maximum Gasteiger partial charge on any atom is 0.140 e. The number of hydrogen-bond acceptors (Lipinski definition) is 1. The third-order valence-corrected chi connectivity index (χ3v) is 3.96. The monoisotopic (exact) mass is 268 g/mol. The maximum absolute atomic E-state index is 5.95.